The van der Waals surface area contributed by atoms with Gasteiger partial charge in [-0.25, -0.2) is 4.98 Å². The van der Waals surface area contributed by atoms with Crippen molar-refractivity contribution >= 4 is 17.0 Å². The van der Waals surface area contributed by atoms with Crippen LogP contribution in [0.3, 0.4) is 0 Å². The maximum Gasteiger partial charge on any atom is 0.222 e. The first-order chi connectivity index (χ1) is 14.5. The molecule has 0 bridgehead atoms. The minimum absolute atomic E-state index is 0.301. The molecule has 1 aliphatic rings. The SMILES string of the molecule is COc1c(C)ncc(Cn2cc(CCN3CCOCC3)c3c(C)nc(N)nc32)c1C. The summed E-state index contributed by atoms with van der Waals surface area (Å²) in [6.45, 7) is 11.3. The summed E-state index contributed by atoms with van der Waals surface area (Å²) in [5.41, 5.74) is 12.1. The largest absolute Gasteiger partial charge is 0.495 e. The zero-order valence-electron chi connectivity index (χ0n) is 18.2. The third-order valence-electron chi connectivity index (χ3n) is 5.90. The molecule has 0 unspecified atom stereocenters. The molecule has 8 nitrogen and oxygen atoms in total. The zero-order chi connectivity index (χ0) is 21.3. The molecular formula is C22H30N6O2. The molecule has 0 spiro atoms. The van der Waals surface area contributed by atoms with Crippen LogP contribution >= 0.6 is 0 Å². The van der Waals surface area contributed by atoms with Crippen LogP contribution in [0.5, 0.6) is 5.75 Å². The fourth-order valence-corrected chi connectivity index (χ4v) is 4.28. The lowest BCUT2D eigenvalue weighted by molar-refractivity contribution is 0.0385. The molecular weight excluding hydrogens is 380 g/mol. The Morgan fingerprint density at radius 1 is 1.10 bits per heavy atom. The van der Waals surface area contributed by atoms with Gasteiger partial charge in [-0.05, 0) is 43.9 Å². The number of pyridine rings is 1. The van der Waals surface area contributed by atoms with E-state index in [0.29, 0.717) is 12.5 Å². The standard InChI is InChI=1S/C22H30N6O2/c1-14-18(11-24-16(3)20(14)29-4)13-28-12-17(5-6-27-7-9-30-10-8-27)19-15(2)25-22(23)26-21(19)28/h11-12H,5-10,13H2,1-4H3,(H2,23,25,26). The number of aryl methyl sites for hydroxylation is 2. The zero-order valence-corrected chi connectivity index (χ0v) is 18.2. The van der Waals surface area contributed by atoms with E-state index in [4.69, 9.17) is 15.2 Å². The van der Waals surface area contributed by atoms with Gasteiger partial charge in [0.05, 0.1) is 38.3 Å². The van der Waals surface area contributed by atoms with Crippen molar-refractivity contribution in [1.29, 1.82) is 0 Å². The molecule has 0 aromatic carbocycles. The van der Waals surface area contributed by atoms with E-state index < -0.39 is 0 Å². The van der Waals surface area contributed by atoms with Crippen LogP contribution in [-0.2, 0) is 17.7 Å². The van der Waals surface area contributed by atoms with Crippen LogP contribution in [0.25, 0.3) is 11.0 Å². The molecule has 0 aliphatic carbocycles. The van der Waals surface area contributed by atoms with Gasteiger partial charge >= 0.3 is 0 Å². The van der Waals surface area contributed by atoms with Crippen molar-refractivity contribution in [2.45, 2.75) is 33.7 Å². The smallest absolute Gasteiger partial charge is 0.222 e. The van der Waals surface area contributed by atoms with Gasteiger partial charge in [-0.15, -0.1) is 0 Å². The molecule has 3 aromatic heterocycles. The topological polar surface area (TPSA) is 91.3 Å². The van der Waals surface area contributed by atoms with Crippen LogP contribution in [-0.4, -0.2) is 64.4 Å². The summed E-state index contributed by atoms with van der Waals surface area (Å²) < 4.78 is 13.2. The molecule has 4 rings (SSSR count). The predicted octanol–water partition coefficient (Wildman–Crippen LogP) is 2.27. The summed E-state index contributed by atoms with van der Waals surface area (Å²) in [6, 6.07) is 0. The van der Waals surface area contributed by atoms with Crippen LogP contribution in [0.4, 0.5) is 5.95 Å². The maximum atomic E-state index is 5.99. The highest BCUT2D eigenvalue weighted by Crippen LogP contribution is 2.28. The number of methoxy groups -OCH3 is 1. The number of hydrogen-bond donors (Lipinski definition) is 1. The highest BCUT2D eigenvalue weighted by molar-refractivity contribution is 5.84. The highest BCUT2D eigenvalue weighted by atomic mass is 16.5. The van der Waals surface area contributed by atoms with E-state index in [-0.39, 0.29) is 0 Å². The van der Waals surface area contributed by atoms with Crippen molar-refractivity contribution in [1.82, 2.24) is 24.4 Å². The van der Waals surface area contributed by atoms with Crippen molar-refractivity contribution in [2.24, 2.45) is 0 Å². The lowest BCUT2D eigenvalue weighted by Crippen LogP contribution is -2.37. The number of ether oxygens (including phenoxy) is 2. The van der Waals surface area contributed by atoms with Gasteiger partial charge in [0.2, 0.25) is 5.95 Å². The molecule has 2 N–H and O–H groups in total. The van der Waals surface area contributed by atoms with Crippen molar-refractivity contribution in [3.05, 3.63) is 40.5 Å². The van der Waals surface area contributed by atoms with Crippen LogP contribution in [0.2, 0.25) is 0 Å². The quantitative estimate of drug-likeness (QED) is 0.666. The number of nitrogens with two attached hydrogens (primary N) is 1. The Morgan fingerprint density at radius 2 is 1.87 bits per heavy atom. The van der Waals surface area contributed by atoms with E-state index in [9.17, 15) is 0 Å². The van der Waals surface area contributed by atoms with Crippen molar-refractivity contribution < 1.29 is 9.47 Å². The Hall–Kier alpha value is -2.71. The van der Waals surface area contributed by atoms with Gasteiger partial charge in [0, 0.05) is 37.4 Å². The summed E-state index contributed by atoms with van der Waals surface area (Å²) in [6.07, 6.45) is 5.05. The second-order valence-electron chi connectivity index (χ2n) is 7.88. The Kier molecular flexibility index (Phi) is 5.87. The van der Waals surface area contributed by atoms with Crippen LogP contribution < -0.4 is 10.5 Å². The lowest BCUT2D eigenvalue weighted by atomic mass is 10.1. The number of nitrogen functional groups attached to an aromatic ring is 1. The molecule has 0 radical (unpaired) electrons. The summed E-state index contributed by atoms with van der Waals surface area (Å²) in [5.74, 6) is 1.14. The van der Waals surface area contributed by atoms with Gasteiger partial charge < -0.3 is 19.8 Å². The average Bonchev–Trinajstić information content (AvgIpc) is 3.07. The van der Waals surface area contributed by atoms with E-state index in [0.717, 1.165) is 78.6 Å². The molecule has 1 fully saturated rings. The van der Waals surface area contributed by atoms with Crippen LogP contribution in [0.1, 0.15) is 28.1 Å². The summed E-state index contributed by atoms with van der Waals surface area (Å²) >= 11 is 0. The normalized spacial score (nSPS) is 15.1. The van der Waals surface area contributed by atoms with Crippen LogP contribution in [0, 0.1) is 20.8 Å². The van der Waals surface area contributed by atoms with Gasteiger partial charge in [0.15, 0.2) is 0 Å². The fourth-order valence-electron chi connectivity index (χ4n) is 4.28. The Labute approximate surface area is 177 Å². The number of hydrogen-bond acceptors (Lipinski definition) is 7. The molecule has 1 saturated heterocycles. The minimum atomic E-state index is 0.301. The first-order valence-corrected chi connectivity index (χ1v) is 10.4. The molecule has 1 aliphatic heterocycles. The van der Waals surface area contributed by atoms with Gasteiger partial charge in [0.1, 0.15) is 11.4 Å². The minimum Gasteiger partial charge on any atom is -0.495 e. The first kappa shape index (κ1) is 20.6. The third-order valence-corrected chi connectivity index (χ3v) is 5.90. The number of aromatic nitrogens is 4. The maximum absolute atomic E-state index is 5.99. The van der Waals surface area contributed by atoms with Gasteiger partial charge in [-0.2, -0.15) is 4.98 Å². The molecule has 8 heteroatoms. The Bertz CT molecular complexity index is 1060. The molecule has 0 atom stereocenters. The Balaban J connectivity index is 1.69. The number of rotatable bonds is 6. The van der Waals surface area contributed by atoms with E-state index in [2.05, 4.69) is 37.5 Å². The average molecular weight is 411 g/mol. The molecule has 160 valence electrons. The second kappa shape index (κ2) is 8.57. The molecule has 3 aromatic rings. The van der Waals surface area contributed by atoms with Gasteiger partial charge in [-0.3, -0.25) is 9.88 Å². The third kappa shape index (κ3) is 3.97. The predicted molar refractivity (Wildman–Crippen MR) is 117 cm³/mol. The number of fused-ring (bicyclic) bond motifs is 1. The second-order valence-corrected chi connectivity index (χ2v) is 7.88. The van der Waals surface area contributed by atoms with Gasteiger partial charge in [0.25, 0.3) is 0 Å². The molecule has 0 amide bonds. The van der Waals surface area contributed by atoms with Gasteiger partial charge in [-0.1, -0.05) is 0 Å². The van der Waals surface area contributed by atoms with Crippen molar-refractivity contribution in [2.75, 3.05) is 45.7 Å². The number of morpholine rings is 1. The summed E-state index contributed by atoms with van der Waals surface area (Å²) in [5, 5.41) is 1.10. The van der Waals surface area contributed by atoms with E-state index in [1.807, 2.05) is 20.0 Å². The monoisotopic (exact) mass is 410 g/mol. The van der Waals surface area contributed by atoms with Crippen LogP contribution in [0.15, 0.2) is 12.4 Å². The fraction of sp³-hybridized carbons (Fsp3) is 0.500. The molecule has 30 heavy (non-hydrogen) atoms. The first-order valence-electron chi connectivity index (χ1n) is 10.4. The van der Waals surface area contributed by atoms with Crippen molar-refractivity contribution in [3.63, 3.8) is 0 Å². The van der Waals surface area contributed by atoms with Crippen molar-refractivity contribution in [3.8, 4) is 5.75 Å². The summed E-state index contributed by atoms with van der Waals surface area (Å²) in [4.78, 5) is 16.0. The highest BCUT2D eigenvalue weighted by Gasteiger charge is 2.18. The number of anilines is 1. The van der Waals surface area contributed by atoms with E-state index in [1.165, 1.54) is 5.56 Å². The number of nitrogens with zero attached hydrogens (tertiary/aromatic N) is 5. The lowest BCUT2D eigenvalue weighted by Gasteiger charge is -2.26. The Morgan fingerprint density at radius 3 is 2.60 bits per heavy atom. The van der Waals surface area contributed by atoms with E-state index in [1.54, 1.807) is 7.11 Å². The van der Waals surface area contributed by atoms with E-state index >= 15 is 0 Å². The molecule has 0 saturated carbocycles. The summed E-state index contributed by atoms with van der Waals surface area (Å²) in [7, 11) is 1.69. The molecule has 4 heterocycles.